The van der Waals surface area contributed by atoms with E-state index in [4.69, 9.17) is 22.7 Å². The molecule has 90 valence electrons. The first kappa shape index (κ1) is 11.6. The molecule has 0 bridgehead atoms. The molecule has 2 amide bonds. The predicted molar refractivity (Wildman–Crippen MR) is 64.3 cm³/mol. The molecule has 6 heteroatoms. The second-order valence-electron chi connectivity index (χ2n) is 4.26. The molecule has 2 rings (SSSR count). The molecular formula is C10H17N3O2S. The summed E-state index contributed by atoms with van der Waals surface area (Å²) >= 11 is 4.97. The zero-order valence-corrected chi connectivity index (χ0v) is 9.96. The molecule has 5 nitrogen and oxygen atoms in total. The number of hydrogen-bond acceptors (Lipinski definition) is 3. The van der Waals surface area contributed by atoms with Crippen molar-refractivity contribution in [2.75, 3.05) is 19.8 Å². The van der Waals surface area contributed by atoms with Crippen LogP contribution in [0.2, 0.25) is 0 Å². The Labute approximate surface area is 100 Å². The molecule has 0 aromatic rings. The van der Waals surface area contributed by atoms with Crippen molar-refractivity contribution >= 4 is 23.2 Å². The largest absolute Gasteiger partial charge is 0.392 e. The number of nitrogens with two attached hydrogens (primary N) is 1. The Balaban J connectivity index is 1.90. The van der Waals surface area contributed by atoms with Gasteiger partial charge in [-0.15, -0.1) is 0 Å². The Morgan fingerprint density at radius 2 is 2.31 bits per heavy atom. The molecule has 0 saturated carbocycles. The summed E-state index contributed by atoms with van der Waals surface area (Å²) in [7, 11) is 0. The summed E-state index contributed by atoms with van der Waals surface area (Å²) in [5, 5.41) is 2.95. The van der Waals surface area contributed by atoms with E-state index in [1.54, 1.807) is 4.90 Å². The number of rotatable bonds is 2. The maximum absolute atomic E-state index is 12.0. The van der Waals surface area contributed by atoms with Crippen LogP contribution in [0.1, 0.15) is 19.3 Å². The normalized spacial score (nSPS) is 29.4. The number of nitrogens with one attached hydrogen (secondary N) is 1. The van der Waals surface area contributed by atoms with Crippen LogP contribution in [0.25, 0.3) is 0 Å². The fourth-order valence-electron chi connectivity index (χ4n) is 2.21. The number of urea groups is 1. The van der Waals surface area contributed by atoms with E-state index >= 15 is 0 Å². The maximum atomic E-state index is 12.0. The number of nitrogens with zero attached hydrogens (tertiary/aromatic N) is 1. The van der Waals surface area contributed by atoms with Gasteiger partial charge in [0.15, 0.2) is 0 Å². The van der Waals surface area contributed by atoms with Gasteiger partial charge in [-0.05, 0) is 19.3 Å². The smallest absolute Gasteiger partial charge is 0.318 e. The van der Waals surface area contributed by atoms with Gasteiger partial charge in [0.05, 0.1) is 23.7 Å². The Bertz CT molecular complexity index is 292. The van der Waals surface area contributed by atoms with E-state index in [0.717, 1.165) is 32.4 Å². The first-order valence-electron chi connectivity index (χ1n) is 5.62. The van der Waals surface area contributed by atoms with Crippen molar-refractivity contribution in [3.63, 3.8) is 0 Å². The van der Waals surface area contributed by atoms with Crippen LogP contribution in [-0.2, 0) is 4.74 Å². The molecule has 2 atom stereocenters. The van der Waals surface area contributed by atoms with E-state index in [9.17, 15) is 4.79 Å². The fraction of sp³-hybridized carbons (Fsp3) is 0.800. The molecule has 2 unspecified atom stereocenters. The van der Waals surface area contributed by atoms with Gasteiger partial charge >= 0.3 is 6.03 Å². The Morgan fingerprint density at radius 3 is 2.94 bits per heavy atom. The summed E-state index contributed by atoms with van der Waals surface area (Å²) in [4.78, 5) is 14.1. The van der Waals surface area contributed by atoms with E-state index in [0.29, 0.717) is 11.6 Å². The lowest BCUT2D eigenvalue weighted by atomic mass is 10.2. The number of ether oxygens (including phenoxy) is 1. The van der Waals surface area contributed by atoms with Gasteiger partial charge in [0.2, 0.25) is 0 Å². The van der Waals surface area contributed by atoms with Crippen LogP contribution in [0.4, 0.5) is 4.79 Å². The van der Waals surface area contributed by atoms with E-state index < -0.39 is 0 Å². The first-order chi connectivity index (χ1) is 7.68. The van der Waals surface area contributed by atoms with Gasteiger partial charge in [0, 0.05) is 13.2 Å². The summed E-state index contributed by atoms with van der Waals surface area (Å²) in [6.45, 7) is 2.07. The molecule has 0 spiro atoms. The molecular weight excluding hydrogens is 226 g/mol. The summed E-state index contributed by atoms with van der Waals surface area (Å²) in [5.41, 5.74) is 5.62. The monoisotopic (exact) mass is 243 g/mol. The number of likely N-dealkylation sites (tertiary alicyclic amines) is 1. The van der Waals surface area contributed by atoms with Gasteiger partial charge < -0.3 is 20.7 Å². The molecule has 2 saturated heterocycles. The van der Waals surface area contributed by atoms with Crippen molar-refractivity contribution < 1.29 is 9.53 Å². The summed E-state index contributed by atoms with van der Waals surface area (Å²) in [5.74, 6) is 0. The van der Waals surface area contributed by atoms with Crippen molar-refractivity contribution in [2.24, 2.45) is 5.73 Å². The van der Waals surface area contributed by atoms with Gasteiger partial charge in [-0.25, -0.2) is 4.79 Å². The highest BCUT2D eigenvalue weighted by atomic mass is 32.1. The number of hydrogen-bond donors (Lipinski definition) is 2. The quantitative estimate of drug-likeness (QED) is 0.682. The van der Waals surface area contributed by atoms with Crippen LogP contribution < -0.4 is 11.1 Å². The minimum atomic E-state index is -0.0719. The van der Waals surface area contributed by atoms with Crippen LogP contribution in [0.15, 0.2) is 0 Å². The van der Waals surface area contributed by atoms with E-state index in [-0.39, 0.29) is 18.1 Å². The average molecular weight is 243 g/mol. The zero-order chi connectivity index (χ0) is 11.5. The van der Waals surface area contributed by atoms with Crippen molar-refractivity contribution in [3.05, 3.63) is 0 Å². The maximum Gasteiger partial charge on any atom is 0.318 e. The van der Waals surface area contributed by atoms with Crippen LogP contribution in [-0.4, -0.2) is 47.8 Å². The Morgan fingerprint density at radius 1 is 1.50 bits per heavy atom. The van der Waals surface area contributed by atoms with Gasteiger partial charge in [0.1, 0.15) is 0 Å². The van der Waals surface area contributed by atoms with Crippen LogP contribution in [0.3, 0.4) is 0 Å². The van der Waals surface area contributed by atoms with Crippen molar-refractivity contribution in [1.29, 1.82) is 0 Å². The third-order valence-corrected chi connectivity index (χ3v) is 3.37. The average Bonchev–Trinajstić information content (AvgIpc) is 2.86. The highest BCUT2D eigenvalue weighted by Gasteiger charge is 2.32. The van der Waals surface area contributed by atoms with Gasteiger partial charge in [0.25, 0.3) is 0 Å². The lowest BCUT2D eigenvalue weighted by Crippen LogP contribution is -2.50. The molecule has 2 aliphatic rings. The SMILES string of the molecule is NC(=S)C1CCCN1C(=O)NC1CCOC1. The lowest BCUT2D eigenvalue weighted by molar-refractivity contribution is 0.180. The van der Waals surface area contributed by atoms with Crippen molar-refractivity contribution in [3.8, 4) is 0 Å². The molecule has 0 radical (unpaired) electrons. The molecule has 2 heterocycles. The van der Waals surface area contributed by atoms with E-state index in [1.165, 1.54) is 0 Å². The lowest BCUT2D eigenvalue weighted by Gasteiger charge is -2.25. The number of carbonyl (C=O) groups is 1. The summed E-state index contributed by atoms with van der Waals surface area (Å²) in [6.07, 6.45) is 2.73. The number of amides is 2. The fourth-order valence-corrected chi connectivity index (χ4v) is 2.46. The van der Waals surface area contributed by atoms with Crippen LogP contribution >= 0.6 is 12.2 Å². The third kappa shape index (κ3) is 2.44. The molecule has 2 aliphatic heterocycles. The predicted octanol–water partition coefficient (Wildman–Crippen LogP) is 0.235. The molecule has 3 N–H and O–H groups in total. The zero-order valence-electron chi connectivity index (χ0n) is 9.15. The van der Waals surface area contributed by atoms with Crippen molar-refractivity contribution in [2.45, 2.75) is 31.3 Å². The minimum absolute atomic E-state index is 0.0641. The van der Waals surface area contributed by atoms with Crippen molar-refractivity contribution in [1.82, 2.24) is 10.2 Å². The summed E-state index contributed by atoms with van der Waals surface area (Å²) < 4.78 is 5.21. The van der Waals surface area contributed by atoms with Crippen LogP contribution in [0, 0.1) is 0 Å². The topological polar surface area (TPSA) is 67.6 Å². The number of thiocarbonyl (C=S) groups is 1. The molecule has 0 aliphatic carbocycles. The van der Waals surface area contributed by atoms with Gasteiger partial charge in [-0.2, -0.15) is 0 Å². The van der Waals surface area contributed by atoms with E-state index in [2.05, 4.69) is 5.32 Å². The second-order valence-corrected chi connectivity index (χ2v) is 4.74. The molecule has 0 aromatic heterocycles. The Hall–Kier alpha value is -0.880. The molecule has 16 heavy (non-hydrogen) atoms. The molecule has 2 fully saturated rings. The van der Waals surface area contributed by atoms with Crippen LogP contribution in [0.5, 0.6) is 0 Å². The summed E-state index contributed by atoms with van der Waals surface area (Å²) in [6, 6.07) is 0.00298. The highest BCUT2D eigenvalue weighted by Crippen LogP contribution is 2.18. The second kappa shape index (κ2) is 4.97. The first-order valence-corrected chi connectivity index (χ1v) is 6.03. The standard InChI is InChI=1S/C10H17N3O2S/c11-9(16)8-2-1-4-13(8)10(14)12-7-3-5-15-6-7/h7-8H,1-6H2,(H2,11,16)(H,12,14). The molecule has 0 aromatic carbocycles. The van der Waals surface area contributed by atoms with Gasteiger partial charge in [-0.1, -0.05) is 12.2 Å². The highest BCUT2D eigenvalue weighted by molar-refractivity contribution is 7.80. The van der Waals surface area contributed by atoms with Gasteiger partial charge in [-0.3, -0.25) is 0 Å². The Kier molecular flexibility index (Phi) is 3.60. The van der Waals surface area contributed by atoms with E-state index in [1.807, 2.05) is 0 Å². The minimum Gasteiger partial charge on any atom is -0.392 e. The third-order valence-electron chi connectivity index (χ3n) is 3.10. The number of carbonyl (C=O) groups excluding carboxylic acids is 1.